The molecule has 90 valence electrons. The van der Waals surface area contributed by atoms with Crippen molar-refractivity contribution in [3.8, 4) is 0 Å². The predicted molar refractivity (Wildman–Crippen MR) is 66.7 cm³/mol. The Balaban J connectivity index is 2.33. The maximum absolute atomic E-state index is 11.5. The summed E-state index contributed by atoms with van der Waals surface area (Å²) in [5, 5.41) is 6.63. The highest BCUT2D eigenvalue weighted by atomic mass is 32.1. The summed E-state index contributed by atoms with van der Waals surface area (Å²) >= 11 is 1.61. The van der Waals surface area contributed by atoms with Crippen LogP contribution >= 0.6 is 11.3 Å². The highest BCUT2D eigenvalue weighted by Crippen LogP contribution is 2.18. The van der Waals surface area contributed by atoms with Crippen LogP contribution in [0.25, 0.3) is 0 Å². The molecule has 0 aliphatic heterocycles. The van der Waals surface area contributed by atoms with Crippen LogP contribution in [0, 0.1) is 6.92 Å². The van der Waals surface area contributed by atoms with Crippen molar-refractivity contribution in [2.24, 2.45) is 0 Å². The molecule has 0 radical (unpaired) electrons. The standard InChI is InChI=1S/C11H19N3OS/c1-4-5-6-12-11(15)14-9(3)10-13-7-8(2)16-10/h7,9H,4-6H2,1-3H3,(H2,12,14,15). The van der Waals surface area contributed by atoms with Gasteiger partial charge >= 0.3 is 6.03 Å². The Morgan fingerprint density at radius 3 is 2.94 bits per heavy atom. The van der Waals surface area contributed by atoms with Crippen LogP contribution in [0.1, 0.15) is 42.6 Å². The van der Waals surface area contributed by atoms with Gasteiger partial charge < -0.3 is 10.6 Å². The smallest absolute Gasteiger partial charge is 0.315 e. The molecule has 1 heterocycles. The number of aromatic nitrogens is 1. The van der Waals surface area contributed by atoms with E-state index in [2.05, 4.69) is 22.5 Å². The molecule has 0 aliphatic carbocycles. The lowest BCUT2D eigenvalue weighted by atomic mass is 10.3. The van der Waals surface area contributed by atoms with Crippen LogP contribution in [-0.4, -0.2) is 17.6 Å². The molecule has 0 fully saturated rings. The Kier molecular flexibility index (Phi) is 5.25. The van der Waals surface area contributed by atoms with Crippen molar-refractivity contribution in [3.05, 3.63) is 16.1 Å². The zero-order chi connectivity index (χ0) is 12.0. The molecule has 0 saturated heterocycles. The van der Waals surface area contributed by atoms with E-state index in [1.807, 2.05) is 20.0 Å². The molecule has 1 aromatic heterocycles. The van der Waals surface area contributed by atoms with Crippen molar-refractivity contribution in [2.45, 2.75) is 39.7 Å². The van der Waals surface area contributed by atoms with E-state index >= 15 is 0 Å². The summed E-state index contributed by atoms with van der Waals surface area (Å²) in [6.07, 6.45) is 3.92. The maximum atomic E-state index is 11.5. The van der Waals surface area contributed by atoms with Gasteiger partial charge in [0.1, 0.15) is 5.01 Å². The number of carbonyl (C=O) groups is 1. The lowest BCUT2D eigenvalue weighted by Crippen LogP contribution is -2.37. The van der Waals surface area contributed by atoms with Crippen molar-refractivity contribution < 1.29 is 4.79 Å². The average molecular weight is 241 g/mol. The third-order valence-corrected chi connectivity index (χ3v) is 3.27. The number of hydrogen-bond donors (Lipinski definition) is 2. The fourth-order valence-electron chi connectivity index (χ4n) is 1.26. The topological polar surface area (TPSA) is 54.0 Å². The normalized spacial score (nSPS) is 12.2. The van der Waals surface area contributed by atoms with Gasteiger partial charge in [-0.1, -0.05) is 13.3 Å². The predicted octanol–water partition coefficient (Wildman–Crippen LogP) is 2.61. The number of amides is 2. The number of carbonyl (C=O) groups excluding carboxylic acids is 1. The fraction of sp³-hybridized carbons (Fsp3) is 0.636. The van der Waals surface area contributed by atoms with Gasteiger partial charge in [-0.3, -0.25) is 0 Å². The van der Waals surface area contributed by atoms with Gasteiger partial charge in [-0.15, -0.1) is 11.3 Å². The maximum Gasteiger partial charge on any atom is 0.315 e. The van der Waals surface area contributed by atoms with Crippen molar-refractivity contribution in [3.63, 3.8) is 0 Å². The van der Waals surface area contributed by atoms with Crippen LogP contribution in [0.5, 0.6) is 0 Å². The lowest BCUT2D eigenvalue weighted by Gasteiger charge is -2.11. The first-order valence-corrected chi connectivity index (χ1v) is 6.41. The largest absolute Gasteiger partial charge is 0.338 e. The van der Waals surface area contributed by atoms with Crippen LogP contribution < -0.4 is 10.6 Å². The number of rotatable bonds is 5. The Hall–Kier alpha value is -1.10. The number of thiazole rings is 1. The van der Waals surface area contributed by atoms with Gasteiger partial charge in [-0.2, -0.15) is 0 Å². The Labute approximate surface area is 100 Å². The van der Waals surface area contributed by atoms with Gasteiger partial charge in [0.25, 0.3) is 0 Å². The quantitative estimate of drug-likeness (QED) is 0.779. The van der Waals surface area contributed by atoms with Crippen LogP contribution in [-0.2, 0) is 0 Å². The van der Waals surface area contributed by atoms with Crippen LogP contribution in [0.2, 0.25) is 0 Å². The minimum Gasteiger partial charge on any atom is -0.338 e. The van der Waals surface area contributed by atoms with Crippen LogP contribution in [0.3, 0.4) is 0 Å². The number of nitrogens with zero attached hydrogens (tertiary/aromatic N) is 1. The van der Waals surface area contributed by atoms with Crippen molar-refractivity contribution >= 4 is 17.4 Å². The highest BCUT2D eigenvalue weighted by Gasteiger charge is 2.11. The molecule has 0 saturated carbocycles. The molecule has 0 spiro atoms. The third-order valence-electron chi connectivity index (χ3n) is 2.17. The van der Waals surface area contributed by atoms with E-state index in [0.29, 0.717) is 0 Å². The van der Waals surface area contributed by atoms with E-state index < -0.39 is 0 Å². The second-order valence-corrected chi connectivity index (χ2v) is 5.05. The molecule has 0 aromatic carbocycles. The molecular weight excluding hydrogens is 222 g/mol. The Morgan fingerprint density at radius 1 is 1.62 bits per heavy atom. The molecule has 1 unspecified atom stereocenters. The van der Waals surface area contributed by atoms with Crippen molar-refractivity contribution in [1.82, 2.24) is 15.6 Å². The van der Waals surface area contributed by atoms with E-state index in [-0.39, 0.29) is 12.1 Å². The first-order chi connectivity index (χ1) is 7.63. The van der Waals surface area contributed by atoms with E-state index in [4.69, 9.17) is 0 Å². The summed E-state index contributed by atoms with van der Waals surface area (Å²) in [7, 11) is 0. The highest BCUT2D eigenvalue weighted by molar-refractivity contribution is 7.11. The zero-order valence-corrected chi connectivity index (χ0v) is 10.9. The van der Waals surface area contributed by atoms with E-state index in [1.165, 1.54) is 0 Å². The van der Waals surface area contributed by atoms with Gasteiger partial charge in [-0.05, 0) is 20.3 Å². The first kappa shape index (κ1) is 13.0. The molecule has 5 heteroatoms. The fourth-order valence-corrected chi connectivity index (χ4v) is 2.04. The van der Waals surface area contributed by atoms with Gasteiger partial charge in [0.2, 0.25) is 0 Å². The number of unbranched alkanes of at least 4 members (excludes halogenated alkanes) is 1. The van der Waals surface area contributed by atoms with E-state index in [1.54, 1.807) is 11.3 Å². The van der Waals surface area contributed by atoms with Crippen molar-refractivity contribution in [2.75, 3.05) is 6.54 Å². The second-order valence-electron chi connectivity index (χ2n) is 3.78. The zero-order valence-electron chi connectivity index (χ0n) is 10.0. The Morgan fingerprint density at radius 2 is 2.38 bits per heavy atom. The summed E-state index contributed by atoms with van der Waals surface area (Å²) < 4.78 is 0. The van der Waals surface area contributed by atoms with Gasteiger partial charge in [-0.25, -0.2) is 9.78 Å². The Bertz CT molecular complexity index is 338. The molecule has 1 rings (SSSR count). The summed E-state index contributed by atoms with van der Waals surface area (Å²) in [5.74, 6) is 0. The van der Waals surface area contributed by atoms with Crippen molar-refractivity contribution in [1.29, 1.82) is 0 Å². The second kappa shape index (κ2) is 6.48. The molecule has 16 heavy (non-hydrogen) atoms. The van der Waals surface area contributed by atoms with Gasteiger partial charge in [0, 0.05) is 17.6 Å². The molecule has 1 atom stereocenters. The molecule has 0 aliphatic rings. The number of urea groups is 1. The number of nitrogens with one attached hydrogen (secondary N) is 2. The summed E-state index contributed by atoms with van der Waals surface area (Å²) in [6, 6.07) is -0.144. The first-order valence-electron chi connectivity index (χ1n) is 5.60. The van der Waals surface area contributed by atoms with Gasteiger partial charge in [0.05, 0.1) is 6.04 Å². The summed E-state index contributed by atoms with van der Waals surface area (Å²) in [6.45, 7) is 6.78. The molecule has 4 nitrogen and oxygen atoms in total. The SMILES string of the molecule is CCCCNC(=O)NC(C)c1ncc(C)s1. The number of hydrogen-bond acceptors (Lipinski definition) is 3. The molecule has 0 bridgehead atoms. The molecular formula is C11H19N3OS. The number of aryl methyl sites for hydroxylation is 1. The van der Waals surface area contributed by atoms with Crippen LogP contribution in [0.15, 0.2) is 6.20 Å². The van der Waals surface area contributed by atoms with E-state index in [0.717, 1.165) is 29.3 Å². The third kappa shape index (κ3) is 4.18. The average Bonchev–Trinajstić information content (AvgIpc) is 2.65. The van der Waals surface area contributed by atoms with Gasteiger partial charge in [0.15, 0.2) is 0 Å². The molecule has 1 aromatic rings. The monoisotopic (exact) mass is 241 g/mol. The molecule has 2 amide bonds. The lowest BCUT2D eigenvalue weighted by molar-refractivity contribution is 0.237. The molecule has 2 N–H and O–H groups in total. The van der Waals surface area contributed by atoms with Crippen LogP contribution in [0.4, 0.5) is 4.79 Å². The summed E-state index contributed by atoms with van der Waals surface area (Å²) in [4.78, 5) is 16.9. The minimum absolute atomic E-state index is 0.0275. The minimum atomic E-state index is -0.117. The summed E-state index contributed by atoms with van der Waals surface area (Å²) in [5.41, 5.74) is 0. The van der Waals surface area contributed by atoms with E-state index in [9.17, 15) is 4.79 Å².